The van der Waals surface area contributed by atoms with Gasteiger partial charge < -0.3 is 21.7 Å². The van der Waals surface area contributed by atoms with Gasteiger partial charge in [-0.05, 0) is 26.2 Å². The number of amides is 2. The van der Waals surface area contributed by atoms with Crippen molar-refractivity contribution in [2.24, 2.45) is 5.73 Å². The lowest BCUT2D eigenvalue weighted by Gasteiger charge is -2.22. The molecule has 212 valence electrons. The first kappa shape index (κ1) is 34.2. The summed E-state index contributed by atoms with van der Waals surface area (Å²) in [4.78, 5) is 25.3. The van der Waals surface area contributed by atoms with E-state index in [4.69, 9.17) is 11.1 Å². The summed E-state index contributed by atoms with van der Waals surface area (Å²) in [6, 6.07) is -0.528. The molecule has 0 aromatic rings. The van der Waals surface area contributed by atoms with Crippen LogP contribution in [0.2, 0.25) is 0 Å². The Bertz CT molecular complexity index is 556. The van der Waals surface area contributed by atoms with Gasteiger partial charge >= 0.3 is 0 Å². The molecule has 7 nitrogen and oxygen atoms in total. The maximum absolute atomic E-state index is 12.9. The molecule has 0 fully saturated rings. The molecule has 2 amide bonds. The molecule has 0 aliphatic rings. The molecule has 0 aromatic carbocycles. The number of unbranched alkanes of at least 4 members (excludes halogenated alkanes) is 15. The molecule has 7 heteroatoms. The van der Waals surface area contributed by atoms with Gasteiger partial charge in [0.1, 0.15) is 6.04 Å². The van der Waals surface area contributed by atoms with E-state index < -0.39 is 6.04 Å². The number of guanidine groups is 1. The molecule has 0 bridgehead atoms. The van der Waals surface area contributed by atoms with E-state index in [0.717, 1.165) is 32.1 Å². The molecule has 2 atom stereocenters. The minimum Gasteiger partial charge on any atom is -0.370 e. The number of carbonyl (C=O) groups is 2. The van der Waals surface area contributed by atoms with Crippen molar-refractivity contribution in [2.75, 3.05) is 6.54 Å². The molecule has 0 radical (unpaired) electrons. The van der Waals surface area contributed by atoms with Crippen LogP contribution in [0.1, 0.15) is 149 Å². The number of nitrogens with one attached hydrogen (secondary N) is 4. The van der Waals surface area contributed by atoms with Crippen LogP contribution in [0, 0.1) is 5.41 Å². The van der Waals surface area contributed by atoms with Gasteiger partial charge in [0.25, 0.3) is 0 Å². The van der Waals surface area contributed by atoms with Crippen molar-refractivity contribution in [1.29, 1.82) is 5.41 Å². The zero-order chi connectivity index (χ0) is 26.9. The van der Waals surface area contributed by atoms with Crippen LogP contribution in [0.25, 0.3) is 0 Å². The van der Waals surface area contributed by atoms with Crippen LogP contribution in [0.5, 0.6) is 0 Å². The standard InChI is InChI=1S/C29H59N5O2/c1-4-6-8-10-11-12-13-14-15-16-18-19-21-25(3)33-28(36)26(23-24-32-29(30)31)34-27(35)22-20-17-9-7-5-2/h25-26H,4-24H2,1-3H3,(H,33,36)(H,34,35)(H4,30,31,32)/t25?,26-/m0/s1. The summed E-state index contributed by atoms with van der Waals surface area (Å²) in [5, 5.41) is 16.0. The maximum atomic E-state index is 12.9. The lowest BCUT2D eigenvalue weighted by atomic mass is 10.0. The van der Waals surface area contributed by atoms with Crippen molar-refractivity contribution in [3.05, 3.63) is 0 Å². The second-order valence-electron chi connectivity index (χ2n) is 10.5. The van der Waals surface area contributed by atoms with E-state index in [1.807, 2.05) is 6.92 Å². The lowest BCUT2D eigenvalue weighted by Crippen LogP contribution is -2.50. The van der Waals surface area contributed by atoms with Crippen molar-refractivity contribution in [3.63, 3.8) is 0 Å². The average molecular weight is 510 g/mol. The number of nitrogens with two attached hydrogens (primary N) is 1. The highest BCUT2D eigenvalue weighted by atomic mass is 16.2. The van der Waals surface area contributed by atoms with Crippen LogP contribution in [0.4, 0.5) is 0 Å². The van der Waals surface area contributed by atoms with E-state index in [1.54, 1.807) is 0 Å². The Hall–Kier alpha value is -1.79. The van der Waals surface area contributed by atoms with E-state index in [1.165, 1.54) is 83.5 Å². The lowest BCUT2D eigenvalue weighted by molar-refractivity contribution is -0.129. The van der Waals surface area contributed by atoms with E-state index in [9.17, 15) is 9.59 Å². The van der Waals surface area contributed by atoms with Crippen molar-refractivity contribution in [1.82, 2.24) is 16.0 Å². The number of hydrogen-bond acceptors (Lipinski definition) is 3. The molecule has 6 N–H and O–H groups in total. The highest BCUT2D eigenvalue weighted by Crippen LogP contribution is 2.13. The van der Waals surface area contributed by atoms with Crippen LogP contribution >= 0.6 is 0 Å². The zero-order valence-electron chi connectivity index (χ0n) is 23.9. The minimum absolute atomic E-state index is 0.0785. The first-order valence-corrected chi connectivity index (χ1v) is 15.1. The topological polar surface area (TPSA) is 120 Å². The summed E-state index contributed by atoms with van der Waals surface area (Å²) in [6.45, 7) is 6.84. The SMILES string of the molecule is CCCCCCCCCCCCCCC(C)NC(=O)[C@H](CCNC(=N)N)NC(=O)CCCCCCC. The molecule has 0 spiro atoms. The van der Waals surface area contributed by atoms with Crippen LogP contribution < -0.4 is 21.7 Å². The zero-order valence-corrected chi connectivity index (χ0v) is 23.9. The van der Waals surface area contributed by atoms with Gasteiger partial charge in [0.05, 0.1) is 0 Å². The fraction of sp³-hybridized carbons (Fsp3) is 0.897. The smallest absolute Gasteiger partial charge is 0.242 e. The molecular formula is C29H59N5O2. The third-order valence-electron chi connectivity index (χ3n) is 6.79. The normalized spacial score (nSPS) is 12.6. The Kier molecular flexibility index (Phi) is 23.6. The highest BCUT2D eigenvalue weighted by Gasteiger charge is 2.21. The van der Waals surface area contributed by atoms with Gasteiger partial charge in [0.15, 0.2) is 5.96 Å². The summed E-state index contributed by atoms with van der Waals surface area (Å²) < 4.78 is 0. The highest BCUT2D eigenvalue weighted by molar-refractivity contribution is 5.87. The fourth-order valence-corrected chi connectivity index (χ4v) is 4.48. The minimum atomic E-state index is -0.607. The Morgan fingerprint density at radius 2 is 1.17 bits per heavy atom. The van der Waals surface area contributed by atoms with Crippen LogP contribution in [0.15, 0.2) is 0 Å². The first-order chi connectivity index (χ1) is 17.4. The molecule has 0 rings (SSSR count). The van der Waals surface area contributed by atoms with Crippen molar-refractivity contribution < 1.29 is 9.59 Å². The molecule has 0 aliphatic carbocycles. The Morgan fingerprint density at radius 3 is 1.67 bits per heavy atom. The molecule has 36 heavy (non-hydrogen) atoms. The van der Waals surface area contributed by atoms with Gasteiger partial charge in [-0.1, -0.05) is 117 Å². The molecular weight excluding hydrogens is 450 g/mol. The average Bonchev–Trinajstić information content (AvgIpc) is 2.83. The van der Waals surface area contributed by atoms with E-state index in [0.29, 0.717) is 19.4 Å². The maximum Gasteiger partial charge on any atom is 0.242 e. The van der Waals surface area contributed by atoms with Gasteiger partial charge in [0, 0.05) is 19.0 Å². The monoisotopic (exact) mass is 509 g/mol. The number of hydrogen-bond donors (Lipinski definition) is 5. The molecule has 0 saturated carbocycles. The third-order valence-corrected chi connectivity index (χ3v) is 6.79. The van der Waals surface area contributed by atoms with Crippen LogP contribution in [-0.2, 0) is 9.59 Å². The Morgan fingerprint density at radius 1 is 0.694 bits per heavy atom. The molecule has 0 aromatic heterocycles. The van der Waals surface area contributed by atoms with Gasteiger partial charge in [0.2, 0.25) is 11.8 Å². The van der Waals surface area contributed by atoms with E-state index >= 15 is 0 Å². The molecule has 0 heterocycles. The summed E-state index contributed by atoms with van der Waals surface area (Å²) in [5.74, 6) is -0.356. The molecule has 0 aliphatic heterocycles. The van der Waals surface area contributed by atoms with Gasteiger partial charge in [-0.25, -0.2) is 0 Å². The van der Waals surface area contributed by atoms with Gasteiger partial charge in [-0.2, -0.15) is 0 Å². The van der Waals surface area contributed by atoms with Crippen molar-refractivity contribution in [2.45, 2.75) is 161 Å². The Labute approximate surface area is 222 Å². The molecule has 1 unspecified atom stereocenters. The predicted molar refractivity (Wildman–Crippen MR) is 153 cm³/mol. The van der Waals surface area contributed by atoms with Crippen LogP contribution in [-0.4, -0.2) is 36.4 Å². The second kappa shape index (κ2) is 24.9. The summed E-state index contributed by atoms with van der Waals surface area (Å²) in [5.41, 5.74) is 5.36. The van der Waals surface area contributed by atoms with E-state index in [2.05, 4.69) is 29.8 Å². The van der Waals surface area contributed by atoms with Crippen molar-refractivity contribution in [3.8, 4) is 0 Å². The predicted octanol–water partition coefficient (Wildman–Crippen LogP) is 6.30. The summed E-state index contributed by atoms with van der Waals surface area (Å²) in [7, 11) is 0. The third kappa shape index (κ3) is 22.7. The number of carbonyl (C=O) groups excluding carboxylic acids is 2. The van der Waals surface area contributed by atoms with E-state index in [-0.39, 0.29) is 23.8 Å². The summed E-state index contributed by atoms with van der Waals surface area (Å²) >= 11 is 0. The number of rotatable bonds is 25. The second-order valence-corrected chi connectivity index (χ2v) is 10.5. The van der Waals surface area contributed by atoms with Crippen molar-refractivity contribution >= 4 is 17.8 Å². The quantitative estimate of drug-likeness (QED) is 0.0563. The summed E-state index contributed by atoms with van der Waals surface area (Å²) in [6.07, 6.45) is 23.1. The molecule has 0 saturated heterocycles. The van der Waals surface area contributed by atoms with Crippen LogP contribution in [0.3, 0.4) is 0 Å². The fourth-order valence-electron chi connectivity index (χ4n) is 4.48. The Balaban J connectivity index is 4.13. The largest absolute Gasteiger partial charge is 0.370 e. The van der Waals surface area contributed by atoms with Gasteiger partial charge in [-0.3, -0.25) is 15.0 Å². The van der Waals surface area contributed by atoms with Gasteiger partial charge in [-0.15, -0.1) is 0 Å². The first-order valence-electron chi connectivity index (χ1n) is 15.1.